The second kappa shape index (κ2) is 6.00. The van der Waals surface area contributed by atoms with E-state index < -0.39 is 0 Å². The number of rotatable bonds is 4. The van der Waals surface area contributed by atoms with Crippen molar-refractivity contribution in [2.75, 3.05) is 13.1 Å². The number of piperidine rings is 1. The lowest BCUT2D eigenvalue weighted by atomic mass is 10.0. The van der Waals surface area contributed by atoms with Crippen molar-refractivity contribution in [3.05, 3.63) is 17.5 Å². The fourth-order valence-electron chi connectivity index (χ4n) is 2.35. The molecule has 1 aromatic rings. The van der Waals surface area contributed by atoms with Gasteiger partial charge in [0.05, 0.1) is 11.8 Å². The van der Waals surface area contributed by atoms with Crippen molar-refractivity contribution in [1.29, 1.82) is 0 Å². The summed E-state index contributed by atoms with van der Waals surface area (Å²) >= 11 is 0. The van der Waals surface area contributed by atoms with Crippen LogP contribution in [0.15, 0.2) is 6.20 Å². The Labute approximate surface area is 108 Å². The average molecular weight is 250 g/mol. The van der Waals surface area contributed by atoms with E-state index >= 15 is 0 Å². The quantitative estimate of drug-likeness (QED) is 0.838. The van der Waals surface area contributed by atoms with Crippen molar-refractivity contribution in [2.24, 2.45) is 7.05 Å². The van der Waals surface area contributed by atoms with E-state index in [1.807, 2.05) is 14.0 Å². The third-order valence-electron chi connectivity index (χ3n) is 3.67. The van der Waals surface area contributed by atoms with Crippen LogP contribution >= 0.6 is 0 Å². The van der Waals surface area contributed by atoms with Crippen LogP contribution in [0.3, 0.4) is 0 Å². The molecule has 5 heteroatoms. The van der Waals surface area contributed by atoms with Crippen LogP contribution < -0.4 is 10.6 Å². The number of carbonyl (C=O) groups is 1. The number of aryl methyl sites for hydroxylation is 1. The fraction of sp³-hybridized carbons (Fsp3) is 0.692. The molecule has 1 aromatic heterocycles. The predicted octanol–water partition coefficient (Wildman–Crippen LogP) is 0.991. The largest absolute Gasteiger partial charge is 0.352 e. The summed E-state index contributed by atoms with van der Waals surface area (Å²) in [6, 6.07) is 0.564. The first-order valence-electron chi connectivity index (χ1n) is 6.68. The lowest BCUT2D eigenvalue weighted by Crippen LogP contribution is -2.37. The molecule has 2 rings (SSSR count). The zero-order chi connectivity index (χ0) is 13.0. The van der Waals surface area contributed by atoms with Crippen LogP contribution in [0.2, 0.25) is 0 Å². The van der Waals surface area contributed by atoms with Crippen LogP contribution in [0.5, 0.6) is 0 Å². The van der Waals surface area contributed by atoms with Gasteiger partial charge < -0.3 is 10.6 Å². The second-order valence-corrected chi connectivity index (χ2v) is 4.96. The Bertz CT molecular complexity index is 407. The van der Waals surface area contributed by atoms with Gasteiger partial charge in [0, 0.05) is 25.3 Å². The number of amides is 1. The van der Waals surface area contributed by atoms with Crippen molar-refractivity contribution in [2.45, 2.75) is 38.6 Å². The molecule has 5 nitrogen and oxygen atoms in total. The SMILES string of the molecule is Cc1c(C(=O)NCCC2CCCCN2)cnn1C. The third-order valence-corrected chi connectivity index (χ3v) is 3.67. The van der Waals surface area contributed by atoms with E-state index in [1.165, 1.54) is 19.3 Å². The Kier molecular flexibility index (Phi) is 4.36. The fourth-order valence-corrected chi connectivity index (χ4v) is 2.35. The molecule has 1 atom stereocenters. The van der Waals surface area contributed by atoms with Crippen molar-refractivity contribution < 1.29 is 4.79 Å². The van der Waals surface area contributed by atoms with Gasteiger partial charge in [-0.05, 0) is 32.7 Å². The van der Waals surface area contributed by atoms with Crippen LogP contribution in [0, 0.1) is 6.92 Å². The van der Waals surface area contributed by atoms with E-state index in [2.05, 4.69) is 15.7 Å². The molecule has 1 aliphatic heterocycles. The Morgan fingerprint density at radius 3 is 3.06 bits per heavy atom. The summed E-state index contributed by atoms with van der Waals surface area (Å²) in [4.78, 5) is 11.9. The molecule has 2 N–H and O–H groups in total. The molecule has 1 saturated heterocycles. The molecule has 0 radical (unpaired) electrons. The molecule has 0 aromatic carbocycles. The maximum Gasteiger partial charge on any atom is 0.254 e. The lowest BCUT2D eigenvalue weighted by molar-refractivity contribution is 0.0951. The molecule has 0 spiro atoms. The molecule has 1 unspecified atom stereocenters. The molecule has 18 heavy (non-hydrogen) atoms. The monoisotopic (exact) mass is 250 g/mol. The highest BCUT2D eigenvalue weighted by Gasteiger charge is 2.14. The molecule has 100 valence electrons. The highest BCUT2D eigenvalue weighted by Crippen LogP contribution is 2.09. The third kappa shape index (κ3) is 3.10. The zero-order valence-electron chi connectivity index (χ0n) is 11.2. The number of hydrogen-bond donors (Lipinski definition) is 2. The minimum absolute atomic E-state index is 0.0172. The Hall–Kier alpha value is -1.36. The summed E-state index contributed by atoms with van der Waals surface area (Å²) in [6.45, 7) is 3.75. The van der Waals surface area contributed by atoms with Gasteiger partial charge in [-0.3, -0.25) is 9.48 Å². The van der Waals surface area contributed by atoms with Gasteiger partial charge in [0.2, 0.25) is 0 Å². The molecular formula is C13H22N4O. The molecule has 0 saturated carbocycles. The van der Waals surface area contributed by atoms with Crippen molar-refractivity contribution in [1.82, 2.24) is 20.4 Å². The maximum atomic E-state index is 11.9. The van der Waals surface area contributed by atoms with E-state index in [0.717, 1.165) is 25.2 Å². The van der Waals surface area contributed by atoms with E-state index in [1.54, 1.807) is 10.9 Å². The van der Waals surface area contributed by atoms with Gasteiger partial charge in [-0.1, -0.05) is 6.42 Å². The van der Waals surface area contributed by atoms with E-state index in [4.69, 9.17) is 0 Å². The number of hydrogen-bond acceptors (Lipinski definition) is 3. The number of nitrogens with zero attached hydrogens (tertiary/aromatic N) is 2. The molecule has 0 aliphatic carbocycles. The minimum Gasteiger partial charge on any atom is -0.352 e. The first kappa shape index (κ1) is 13.1. The second-order valence-electron chi connectivity index (χ2n) is 4.96. The average Bonchev–Trinajstić information content (AvgIpc) is 2.71. The molecule has 0 bridgehead atoms. The highest BCUT2D eigenvalue weighted by molar-refractivity contribution is 5.94. The smallest absolute Gasteiger partial charge is 0.254 e. The Morgan fingerprint density at radius 1 is 1.61 bits per heavy atom. The van der Waals surface area contributed by atoms with Crippen LogP contribution in [-0.2, 0) is 7.05 Å². The number of nitrogens with one attached hydrogen (secondary N) is 2. The Balaban J connectivity index is 1.76. The first-order chi connectivity index (χ1) is 8.68. The molecule has 2 heterocycles. The van der Waals surface area contributed by atoms with E-state index in [9.17, 15) is 4.79 Å². The zero-order valence-corrected chi connectivity index (χ0v) is 11.2. The van der Waals surface area contributed by atoms with Crippen molar-refractivity contribution >= 4 is 5.91 Å². The summed E-state index contributed by atoms with van der Waals surface area (Å²) in [5, 5.41) is 10.5. The predicted molar refractivity (Wildman–Crippen MR) is 70.5 cm³/mol. The van der Waals surface area contributed by atoms with Crippen molar-refractivity contribution in [3.8, 4) is 0 Å². The topological polar surface area (TPSA) is 59.0 Å². The normalized spacial score (nSPS) is 19.8. The maximum absolute atomic E-state index is 11.9. The summed E-state index contributed by atoms with van der Waals surface area (Å²) in [6.07, 6.45) is 6.43. The standard InChI is InChI=1S/C13H22N4O/c1-10-12(9-16-17(10)2)13(18)15-8-6-11-5-3-4-7-14-11/h9,11,14H,3-8H2,1-2H3,(H,15,18). The van der Waals surface area contributed by atoms with Gasteiger partial charge in [0.1, 0.15) is 0 Å². The number of carbonyl (C=O) groups excluding carboxylic acids is 1. The van der Waals surface area contributed by atoms with Gasteiger partial charge in [-0.2, -0.15) is 5.10 Å². The summed E-state index contributed by atoms with van der Waals surface area (Å²) < 4.78 is 1.72. The van der Waals surface area contributed by atoms with Crippen LogP contribution in [0.4, 0.5) is 0 Å². The lowest BCUT2D eigenvalue weighted by Gasteiger charge is -2.23. The van der Waals surface area contributed by atoms with E-state index in [-0.39, 0.29) is 5.91 Å². The first-order valence-corrected chi connectivity index (χ1v) is 6.68. The highest BCUT2D eigenvalue weighted by atomic mass is 16.1. The van der Waals surface area contributed by atoms with Gasteiger partial charge in [0.15, 0.2) is 0 Å². The molecule has 1 aliphatic rings. The minimum atomic E-state index is -0.0172. The Morgan fingerprint density at radius 2 is 2.44 bits per heavy atom. The van der Waals surface area contributed by atoms with Gasteiger partial charge in [-0.25, -0.2) is 0 Å². The molecule has 1 amide bonds. The molecular weight excluding hydrogens is 228 g/mol. The summed E-state index contributed by atoms with van der Waals surface area (Å²) in [5.74, 6) is -0.0172. The van der Waals surface area contributed by atoms with Crippen LogP contribution in [0.25, 0.3) is 0 Å². The van der Waals surface area contributed by atoms with Crippen LogP contribution in [-0.4, -0.2) is 34.8 Å². The van der Waals surface area contributed by atoms with Gasteiger partial charge in [0.25, 0.3) is 5.91 Å². The van der Waals surface area contributed by atoms with Gasteiger partial charge in [-0.15, -0.1) is 0 Å². The van der Waals surface area contributed by atoms with Crippen molar-refractivity contribution in [3.63, 3.8) is 0 Å². The van der Waals surface area contributed by atoms with Crippen LogP contribution in [0.1, 0.15) is 41.7 Å². The van der Waals surface area contributed by atoms with Gasteiger partial charge >= 0.3 is 0 Å². The molecule has 1 fully saturated rings. The summed E-state index contributed by atoms with van der Waals surface area (Å²) in [7, 11) is 1.85. The van der Waals surface area contributed by atoms with E-state index in [0.29, 0.717) is 11.6 Å². The number of aromatic nitrogens is 2. The summed E-state index contributed by atoms with van der Waals surface area (Å²) in [5.41, 5.74) is 1.58.